The summed E-state index contributed by atoms with van der Waals surface area (Å²) in [5.41, 5.74) is 0. The first-order chi connectivity index (χ1) is 12.9. The average Bonchev–Trinajstić information content (AvgIpc) is 3.08. The average molecular weight is 399 g/mol. The Bertz CT molecular complexity index is 574. The van der Waals surface area contributed by atoms with Crippen LogP contribution in [0.3, 0.4) is 0 Å². The molecule has 4 N–H and O–H groups in total. The molecule has 3 fully saturated rings. The normalized spacial score (nSPS) is 33.2. The van der Waals surface area contributed by atoms with E-state index in [0.717, 1.165) is 18.6 Å². The van der Waals surface area contributed by atoms with Crippen LogP contribution in [0.15, 0.2) is 0 Å². The highest BCUT2D eigenvalue weighted by atomic mass is 32.2. The number of ether oxygens (including phenoxy) is 1. The Morgan fingerprint density at radius 1 is 1.07 bits per heavy atom. The number of nitrogens with one attached hydrogen (secondary N) is 4. The Morgan fingerprint density at radius 3 is 2.56 bits per heavy atom. The summed E-state index contributed by atoms with van der Waals surface area (Å²) >= 11 is 1.54. The van der Waals surface area contributed by atoms with Crippen LogP contribution in [-0.2, 0) is 14.3 Å². The van der Waals surface area contributed by atoms with Crippen molar-refractivity contribution in [2.75, 3.05) is 12.3 Å². The topological polar surface area (TPSA) is 109 Å². The van der Waals surface area contributed by atoms with Crippen LogP contribution < -0.4 is 21.3 Å². The van der Waals surface area contributed by atoms with Crippen molar-refractivity contribution >= 4 is 29.7 Å². The van der Waals surface area contributed by atoms with E-state index in [2.05, 4.69) is 21.3 Å². The number of imide groups is 1. The number of alkyl carbamates (subject to hydrolysis) is 1. The van der Waals surface area contributed by atoms with Gasteiger partial charge in [0.1, 0.15) is 0 Å². The minimum absolute atomic E-state index is 0.0894. The first kappa shape index (κ1) is 20.4. The van der Waals surface area contributed by atoms with Crippen molar-refractivity contribution in [2.45, 2.75) is 75.6 Å². The Morgan fingerprint density at radius 2 is 1.81 bits per heavy atom. The Hall–Kier alpha value is -1.32. The fourth-order valence-electron chi connectivity index (χ4n) is 4.01. The number of carbonyl (C=O) groups is 3. The van der Waals surface area contributed by atoms with Gasteiger partial charge in [0, 0.05) is 18.6 Å². The third-order valence-electron chi connectivity index (χ3n) is 5.36. The van der Waals surface area contributed by atoms with Gasteiger partial charge in [0.25, 0.3) is 0 Å². The number of hydrogen-bond donors (Lipinski definition) is 4. The molecule has 9 heteroatoms. The van der Waals surface area contributed by atoms with Crippen LogP contribution in [0.25, 0.3) is 0 Å². The van der Waals surface area contributed by atoms with Gasteiger partial charge in [-0.15, -0.1) is 11.8 Å². The van der Waals surface area contributed by atoms with Gasteiger partial charge < -0.3 is 20.7 Å². The zero-order valence-corrected chi connectivity index (χ0v) is 16.8. The van der Waals surface area contributed by atoms with Crippen molar-refractivity contribution in [1.29, 1.82) is 0 Å². The summed E-state index contributed by atoms with van der Waals surface area (Å²) in [4.78, 5) is 36.8. The summed E-state index contributed by atoms with van der Waals surface area (Å²) < 4.78 is 4.96. The van der Waals surface area contributed by atoms with Crippen molar-refractivity contribution in [2.24, 2.45) is 5.92 Å². The highest BCUT2D eigenvalue weighted by molar-refractivity contribution is 8.00. The zero-order valence-electron chi connectivity index (χ0n) is 16.0. The molecule has 0 spiro atoms. The second-order valence-corrected chi connectivity index (χ2v) is 9.01. The summed E-state index contributed by atoms with van der Waals surface area (Å²) in [6.07, 6.45) is 4.26. The van der Waals surface area contributed by atoms with E-state index in [1.54, 1.807) is 25.6 Å². The maximum Gasteiger partial charge on any atom is 0.414 e. The van der Waals surface area contributed by atoms with Gasteiger partial charge in [-0.1, -0.05) is 12.8 Å². The predicted octanol–water partition coefficient (Wildman–Crippen LogP) is 0.716. The Balaban J connectivity index is 1.50. The number of hydrogen-bond acceptors (Lipinski definition) is 7. The molecule has 2 heterocycles. The minimum atomic E-state index is -0.738. The van der Waals surface area contributed by atoms with Crippen LogP contribution in [0.5, 0.6) is 0 Å². The molecule has 0 aromatic rings. The SMILES string of the molecule is CC(C)OC(=O)NC(=O)C1CCSC1NC(=O)C1CNC2CCCCC2N1. The quantitative estimate of drug-likeness (QED) is 0.552. The van der Waals surface area contributed by atoms with Crippen molar-refractivity contribution in [3.8, 4) is 0 Å². The first-order valence-corrected chi connectivity index (χ1v) is 10.9. The van der Waals surface area contributed by atoms with E-state index in [1.165, 1.54) is 12.8 Å². The molecule has 3 aliphatic rings. The lowest BCUT2D eigenvalue weighted by molar-refractivity contribution is -0.126. The second kappa shape index (κ2) is 9.25. The fraction of sp³-hybridized carbons (Fsp3) is 0.833. The molecule has 2 saturated heterocycles. The molecule has 3 rings (SSSR count). The molecule has 5 unspecified atom stereocenters. The summed E-state index contributed by atoms with van der Waals surface area (Å²) in [6, 6.07) is 0.499. The van der Waals surface area contributed by atoms with Crippen LogP contribution >= 0.6 is 11.8 Å². The van der Waals surface area contributed by atoms with E-state index < -0.39 is 17.9 Å². The maximum absolute atomic E-state index is 12.7. The van der Waals surface area contributed by atoms with Gasteiger partial charge >= 0.3 is 6.09 Å². The molecule has 5 atom stereocenters. The van der Waals surface area contributed by atoms with E-state index in [1.807, 2.05) is 0 Å². The smallest absolute Gasteiger partial charge is 0.414 e. The van der Waals surface area contributed by atoms with Gasteiger partial charge in [-0.2, -0.15) is 0 Å². The summed E-state index contributed by atoms with van der Waals surface area (Å²) in [5.74, 6) is -0.146. The highest BCUT2D eigenvalue weighted by Crippen LogP contribution is 2.31. The fourth-order valence-corrected chi connectivity index (χ4v) is 5.34. The number of amides is 3. The molecule has 2 aliphatic heterocycles. The molecule has 1 saturated carbocycles. The Labute approximate surface area is 164 Å². The van der Waals surface area contributed by atoms with Gasteiger partial charge in [0.15, 0.2) is 0 Å². The number of piperazine rings is 1. The van der Waals surface area contributed by atoms with Crippen molar-refractivity contribution < 1.29 is 19.1 Å². The van der Waals surface area contributed by atoms with E-state index in [-0.39, 0.29) is 23.4 Å². The largest absolute Gasteiger partial charge is 0.447 e. The van der Waals surface area contributed by atoms with Gasteiger partial charge in [-0.05, 0) is 38.9 Å². The number of carbonyl (C=O) groups excluding carboxylic acids is 3. The highest BCUT2D eigenvalue weighted by Gasteiger charge is 2.39. The molecule has 0 bridgehead atoms. The standard InChI is InChI=1S/C18H30N4O4S/c1-10(2)26-18(25)22-15(23)11-7-8-27-17(11)21-16(24)14-9-19-12-5-3-4-6-13(12)20-14/h10-14,17,19-20H,3-9H2,1-2H3,(H,21,24)(H,22,23,25). The first-order valence-electron chi connectivity index (χ1n) is 9.87. The predicted molar refractivity (Wildman–Crippen MR) is 103 cm³/mol. The number of rotatable bonds is 4. The Kier molecular flexibility index (Phi) is 6.99. The molecule has 1 aliphatic carbocycles. The summed E-state index contributed by atoms with van der Waals surface area (Å²) in [6.45, 7) is 4.04. The third kappa shape index (κ3) is 5.36. The van der Waals surface area contributed by atoms with Gasteiger partial charge in [0.2, 0.25) is 11.8 Å². The summed E-state index contributed by atoms with van der Waals surface area (Å²) in [7, 11) is 0. The van der Waals surface area contributed by atoms with Crippen molar-refractivity contribution in [3.63, 3.8) is 0 Å². The molecule has 152 valence electrons. The molecule has 0 aromatic heterocycles. The zero-order chi connectivity index (χ0) is 19.4. The third-order valence-corrected chi connectivity index (χ3v) is 6.64. The van der Waals surface area contributed by atoms with E-state index in [4.69, 9.17) is 4.74 Å². The van der Waals surface area contributed by atoms with Crippen LogP contribution in [0.4, 0.5) is 4.79 Å². The molecule has 3 amide bonds. The second-order valence-electron chi connectivity index (χ2n) is 7.76. The maximum atomic E-state index is 12.7. The van der Waals surface area contributed by atoms with Crippen molar-refractivity contribution in [3.05, 3.63) is 0 Å². The van der Waals surface area contributed by atoms with E-state index in [9.17, 15) is 14.4 Å². The van der Waals surface area contributed by atoms with Crippen molar-refractivity contribution in [1.82, 2.24) is 21.3 Å². The van der Waals surface area contributed by atoms with E-state index in [0.29, 0.717) is 25.0 Å². The lowest BCUT2D eigenvalue weighted by atomic mass is 9.87. The molecule has 27 heavy (non-hydrogen) atoms. The molecular formula is C18H30N4O4S. The monoisotopic (exact) mass is 398 g/mol. The van der Waals surface area contributed by atoms with Gasteiger partial charge in [-0.25, -0.2) is 4.79 Å². The van der Waals surface area contributed by atoms with Crippen LogP contribution in [-0.4, -0.2) is 59.8 Å². The lowest BCUT2D eigenvalue weighted by Gasteiger charge is -2.41. The number of fused-ring (bicyclic) bond motifs is 1. The lowest BCUT2D eigenvalue weighted by Crippen LogP contribution is -2.66. The molecular weight excluding hydrogens is 368 g/mol. The van der Waals surface area contributed by atoms with Gasteiger partial charge in [0.05, 0.1) is 23.4 Å². The summed E-state index contributed by atoms with van der Waals surface area (Å²) in [5, 5.41) is 11.9. The van der Waals surface area contributed by atoms with Crippen LogP contribution in [0.1, 0.15) is 46.0 Å². The van der Waals surface area contributed by atoms with Crippen LogP contribution in [0.2, 0.25) is 0 Å². The molecule has 0 radical (unpaired) electrons. The van der Waals surface area contributed by atoms with E-state index >= 15 is 0 Å². The minimum Gasteiger partial charge on any atom is -0.447 e. The molecule has 8 nitrogen and oxygen atoms in total. The molecule has 0 aromatic carbocycles. The van der Waals surface area contributed by atoms with Gasteiger partial charge in [-0.3, -0.25) is 14.9 Å². The number of thioether (sulfide) groups is 1. The van der Waals surface area contributed by atoms with Crippen LogP contribution in [0, 0.1) is 5.92 Å².